The van der Waals surface area contributed by atoms with Crippen LogP contribution in [0.15, 0.2) is 24.3 Å². The van der Waals surface area contributed by atoms with Gasteiger partial charge in [-0.3, -0.25) is 0 Å². The number of hydrogen-bond donors (Lipinski definition) is 1. The molecule has 0 atom stereocenters. The van der Waals surface area contributed by atoms with Crippen molar-refractivity contribution >= 4 is 0 Å². The highest BCUT2D eigenvalue weighted by Crippen LogP contribution is 2.18. The summed E-state index contributed by atoms with van der Waals surface area (Å²) in [5, 5.41) is 0. The fourth-order valence-electron chi connectivity index (χ4n) is 2.05. The third-order valence-corrected chi connectivity index (χ3v) is 3.29. The van der Waals surface area contributed by atoms with E-state index in [1.807, 2.05) is 24.3 Å². The maximum atomic E-state index is 5.76. The SMILES string of the molecule is CCCOc1ccc(OCCN(C)CC(C)(C)CN)cc1. The highest BCUT2D eigenvalue weighted by atomic mass is 16.5. The largest absolute Gasteiger partial charge is 0.494 e. The molecule has 1 aromatic carbocycles. The highest BCUT2D eigenvalue weighted by molar-refractivity contribution is 5.31. The first kappa shape index (κ1) is 17.8. The summed E-state index contributed by atoms with van der Waals surface area (Å²) in [6, 6.07) is 7.81. The van der Waals surface area contributed by atoms with Crippen LogP contribution >= 0.6 is 0 Å². The van der Waals surface area contributed by atoms with Crippen LogP contribution in [0.4, 0.5) is 0 Å². The zero-order valence-corrected chi connectivity index (χ0v) is 13.9. The Morgan fingerprint density at radius 2 is 1.57 bits per heavy atom. The maximum Gasteiger partial charge on any atom is 0.119 e. The molecule has 0 bridgehead atoms. The van der Waals surface area contributed by atoms with E-state index in [1.165, 1.54) is 0 Å². The molecule has 0 saturated heterocycles. The van der Waals surface area contributed by atoms with Gasteiger partial charge >= 0.3 is 0 Å². The van der Waals surface area contributed by atoms with Gasteiger partial charge in [-0.2, -0.15) is 0 Å². The molecule has 0 aromatic heterocycles. The smallest absolute Gasteiger partial charge is 0.119 e. The molecule has 0 saturated carbocycles. The lowest BCUT2D eigenvalue weighted by Crippen LogP contribution is -2.38. The number of likely N-dealkylation sites (N-methyl/N-ethyl adjacent to an activating group) is 1. The fraction of sp³-hybridized carbons (Fsp3) is 0.647. The van der Waals surface area contributed by atoms with Crippen LogP contribution in [0.3, 0.4) is 0 Å². The predicted molar refractivity (Wildman–Crippen MR) is 88.1 cm³/mol. The number of benzene rings is 1. The van der Waals surface area contributed by atoms with Gasteiger partial charge in [0.1, 0.15) is 18.1 Å². The quantitative estimate of drug-likeness (QED) is 0.721. The fourth-order valence-corrected chi connectivity index (χ4v) is 2.05. The molecule has 0 aliphatic rings. The molecule has 0 aliphatic carbocycles. The Morgan fingerprint density at radius 1 is 1.05 bits per heavy atom. The van der Waals surface area contributed by atoms with Gasteiger partial charge in [0.25, 0.3) is 0 Å². The summed E-state index contributed by atoms with van der Waals surface area (Å²) in [4.78, 5) is 2.26. The standard InChI is InChI=1S/C17H30N2O2/c1-5-11-20-15-6-8-16(9-7-15)21-12-10-19(4)14-17(2,3)13-18/h6-9H,5,10-14,18H2,1-4H3. The first-order valence-electron chi connectivity index (χ1n) is 7.71. The zero-order valence-electron chi connectivity index (χ0n) is 13.9. The van der Waals surface area contributed by atoms with Crippen molar-refractivity contribution in [2.75, 3.05) is 39.9 Å². The van der Waals surface area contributed by atoms with E-state index in [9.17, 15) is 0 Å². The number of nitrogens with zero attached hydrogens (tertiary/aromatic N) is 1. The van der Waals surface area contributed by atoms with Gasteiger partial charge in [-0.1, -0.05) is 20.8 Å². The Morgan fingerprint density at radius 3 is 2.05 bits per heavy atom. The lowest BCUT2D eigenvalue weighted by Gasteiger charge is -2.28. The van der Waals surface area contributed by atoms with Gasteiger partial charge in [0.2, 0.25) is 0 Å². The molecule has 0 aliphatic heterocycles. The molecule has 0 radical (unpaired) electrons. The van der Waals surface area contributed by atoms with Crippen LogP contribution in [0, 0.1) is 5.41 Å². The Balaban J connectivity index is 2.29. The van der Waals surface area contributed by atoms with Crippen LogP contribution in [0.2, 0.25) is 0 Å². The molecule has 21 heavy (non-hydrogen) atoms. The minimum Gasteiger partial charge on any atom is -0.494 e. The molecule has 120 valence electrons. The van der Waals surface area contributed by atoms with Crippen LogP contribution < -0.4 is 15.2 Å². The lowest BCUT2D eigenvalue weighted by molar-refractivity contribution is 0.181. The third-order valence-electron chi connectivity index (χ3n) is 3.29. The molecular weight excluding hydrogens is 264 g/mol. The molecule has 0 heterocycles. The molecular formula is C17H30N2O2. The molecule has 0 fully saturated rings. The van der Waals surface area contributed by atoms with Crippen molar-refractivity contribution in [3.63, 3.8) is 0 Å². The van der Waals surface area contributed by atoms with Crippen molar-refractivity contribution < 1.29 is 9.47 Å². The molecule has 2 N–H and O–H groups in total. The van der Waals surface area contributed by atoms with Gasteiger partial charge in [-0.25, -0.2) is 0 Å². The summed E-state index contributed by atoms with van der Waals surface area (Å²) >= 11 is 0. The monoisotopic (exact) mass is 294 g/mol. The van der Waals surface area contributed by atoms with E-state index < -0.39 is 0 Å². The molecule has 1 aromatic rings. The summed E-state index contributed by atoms with van der Waals surface area (Å²) in [5.41, 5.74) is 5.90. The number of rotatable bonds is 10. The second kappa shape index (κ2) is 8.90. The average molecular weight is 294 g/mol. The Hall–Kier alpha value is -1.26. The normalized spacial score (nSPS) is 11.7. The van der Waals surface area contributed by atoms with Crippen molar-refractivity contribution in [3.05, 3.63) is 24.3 Å². The van der Waals surface area contributed by atoms with Crippen LogP contribution in [0.5, 0.6) is 11.5 Å². The molecule has 0 spiro atoms. The average Bonchev–Trinajstić information content (AvgIpc) is 2.46. The Bertz CT molecular complexity index is 390. The summed E-state index contributed by atoms with van der Waals surface area (Å²) < 4.78 is 11.3. The highest BCUT2D eigenvalue weighted by Gasteiger charge is 2.17. The van der Waals surface area contributed by atoms with Crippen molar-refractivity contribution in [2.45, 2.75) is 27.2 Å². The molecule has 4 heteroatoms. The van der Waals surface area contributed by atoms with E-state index >= 15 is 0 Å². The third kappa shape index (κ3) is 7.34. The lowest BCUT2D eigenvalue weighted by atomic mass is 9.93. The first-order chi connectivity index (χ1) is 9.96. The van der Waals surface area contributed by atoms with E-state index in [0.717, 1.165) is 37.6 Å². The molecule has 4 nitrogen and oxygen atoms in total. The zero-order chi connectivity index (χ0) is 15.7. The van der Waals surface area contributed by atoms with Gasteiger partial charge < -0.3 is 20.1 Å². The Kier molecular flexibility index (Phi) is 7.54. The Labute approximate surface area is 129 Å². The van der Waals surface area contributed by atoms with Crippen molar-refractivity contribution in [1.29, 1.82) is 0 Å². The van der Waals surface area contributed by atoms with Crippen LogP contribution in [-0.4, -0.2) is 44.8 Å². The van der Waals surface area contributed by atoms with Crippen molar-refractivity contribution in [2.24, 2.45) is 11.1 Å². The van der Waals surface area contributed by atoms with E-state index in [0.29, 0.717) is 13.2 Å². The van der Waals surface area contributed by atoms with Gasteiger partial charge in [-0.05, 0) is 49.7 Å². The second-order valence-corrected chi connectivity index (χ2v) is 6.27. The van der Waals surface area contributed by atoms with Crippen molar-refractivity contribution in [3.8, 4) is 11.5 Å². The second-order valence-electron chi connectivity index (χ2n) is 6.27. The minimum absolute atomic E-state index is 0.146. The number of ether oxygens (including phenoxy) is 2. The number of nitrogens with two attached hydrogens (primary N) is 1. The summed E-state index contributed by atoms with van der Waals surface area (Å²) in [6.45, 7) is 10.4. The molecule has 1 rings (SSSR count). The summed E-state index contributed by atoms with van der Waals surface area (Å²) in [5.74, 6) is 1.77. The summed E-state index contributed by atoms with van der Waals surface area (Å²) in [7, 11) is 2.10. The van der Waals surface area contributed by atoms with Crippen LogP contribution in [0.25, 0.3) is 0 Å². The van der Waals surface area contributed by atoms with Crippen LogP contribution in [0.1, 0.15) is 27.2 Å². The van der Waals surface area contributed by atoms with E-state index in [4.69, 9.17) is 15.2 Å². The van der Waals surface area contributed by atoms with Gasteiger partial charge in [0.05, 0.1) is 6.61 Å². The number of hydrogen-bond acceptors (Lipinski definition) is 4. The predicted octanol–water partition coefficient (Wildman–Crippen LogP) is 2.77. The maximum absolute atomic E-state index is 5.76. The van der Waals surface area contributed by atoms with Gasteiger partial charge in [0.15, 0.2) is 0 Å². The van der Waals surface area contributed by atoms with Crippen molar-refractivity contribution in [1.82, 2.24) is 4.90 Å². The van der Waals surface area contributed by atoms with E-state index in [-0.39, 0.29) is 5.41 Å². The van der Waals surface area contributed by atoms with Crippen LogP contribution in [-0.2, 0) is 0 Å². The minimum atomic E-state index is 0.146. The molecule has 0 amide bonds. The van der Waals surface area contributed by atoms with Gasteiger partial charge in [-0.15, -0.1) is 0 Å². The first-order valence-corrected chi connectivity index (χ1v) is 7.71. The topological polar surface area (TPSA) is 47.7 Å². The summed E-state index contributed by atoms with van der Waals surface area (Å²) in [6.07, 6.45) is 1.02. The van der Waals surface area contributed by atoms with E-state index in [1.54, 1.807) is 0 Å². The van der Waals surface area contributed by atoms with E-state index in [2.05, 4.69) is 32.7 Å². The molecule has 0 unspecified atom stereocenters. The van der Waals surface area contributed by atoms with Gasteiger partial charge in [0, 0.05) is 13.1 Å².